The van der Waals surface area contributed by atoms with Gasteiger partial charge < -0.3 is 4.74 Å². The van der Waals surface area contributed by atoms with Gasteiger partial charge in [-0.25, -0.2) is 9.18 Å². The number of carbonyl (C=O) groups excluding carboxylic acids is 2. The van der Waals surface area contributed by atoms with Crippen LogP contribution in [0, 0.1) is 10.1 Å². The first-order chi connectivity index (χ1) is 7.99. The molecule has 0 amide bonds. The molecule has 0 N–H and O–H groups in total. The van der Waals surface area contributed by atoms with Crippen LogP contribution in [0.25, 0.3) is 0 Å². The summed E-state index contributed by atoms with van der Waals surface area (Å²) in [5.74, 6) is -2.85. The first-order valence-electron chi connectivity index (χ1n) is 4.48. The number of Topliss-reactive ketones (excluding diaryl/α,β-unsaturated/α-hetero) is 1. The Morgan fingerprint density at radius 3 is 2.53 bits per heavy atom. The van der Waals surface area contributed by atoms with Crippen molar-refractivity contribution in [1.29, 1.82) is 0 Å². The number of para-hydroxylation sites is 1. The number of ketones is 1. The minimum Gasteiger partial charge on any atom is -0.463 e. The topological polar surface area (TPSA) is 86.5 Å². The quantitative estimate of drug-likeness (QED) is 0.343. The molecule has 0 heterocycles. The molecule has 1 aromatic rings. The lowest BCUT2D eigenvalue weighted by atomic mass is 10.1. The SMILES string of the molecule is COC(=O)C(=O)C(F)c1ccccc1[N+](=O)[O-]. The number of ether oxygens (including phenoxy) is 1. The summed E-state index contributed by atoms with van der Waals surface area (Å²) in [5.41, 5.74) is -1.02. The van der Waals surface area contributed by atoms with Crippen molar-refractivity contribution >= 4 is 17.4 Å². The first-order valence-corrected chi connectivity index (χ1v) is 4.48. The molecule has 0 saturated carbocycles. The summed E-state index contributed by atoms with van der Waals surface area (Å²) in [4.78, 5) is 31.8. The van der Waals surface area contributed by atoms with Crippen LogP contribution in [-0.2, 0) is 14.3 Å². The minimum absolute atomic E-state index is 0.465. The van der Waals surface area contributed by atoms with Crippen molar-refractivity contribution < 1.29 is 23.6 Å². The standard InChI is InChI=1S/C10H8FNO5/c1-17-10(14)9(13)8(11)6-4-2-3-5-7(6)12(15)16/h2-5,8H,1H3. The Labute approximate surface area is 95.1 Å². The number of hydrogen-bond acceptors (Lipinski definition) is 5. The number of rotatable bonds is 4. The van der Waals surface area contributed by atoms with Crippen LogP contribution in [0.15, 0.2) is 24.3 Å². The number of methoxy groups -OCH3 is 1. The Bertz CT molecular complexity index is 474. The molecule has 6 nitrogen and oxygen atoms in total. The molecule has 1 unspecified atom stereocenters. The highest BCUT2D eigenvalue weighted by molar-refractivity contribution is 6.35. The normalized spacial score (nSPS) is 11.6. The third kappa shape index (κ3) is 2.63. The van der Waals surface area contributed by atoms with Gasteiger partial charge in [0.15, 0.2) is 0 Å². The van der Waals surface area contributed by atoms with Crippen LogP contribution in [0.2, 0.25) is 0 Å². The molecule has 0 spiro atoms. The second-order valence-corrected chi connectivity index (χ2v) is 3.03. The number of nitrogens with zero attached hydrogens (tertiary/aromatic N) is 1. The maximum absolute atomic E-state index is 13.6. The molecule has 0 bridgehead atoms. The molecule has 0 fully saturated rings. The van der Waals surface area contributed by atoms with Crippen LogP contribution in [0.1, 0.15) is 11.7 Å². The van der Waals surface area contributed by atoms with Gasteiger partial charge in [0.2, 0.25) is 6.17 Å². The second-order valence-electron chi connectivity index (χ2n) is 3.03. The van der Waals surface area contributed by atoms with Crippen molar-refractivity contribution in [2.24, 2.45) is 0 Å². The molecule has 1 rings (SSSR count). The van der Waals surface area contributed by atoms with E-state index in [1.54, 1.807) is 0 Å². The third-order valence-corrected chi connectivity index (χ3v) is 2.02. The van der Waals surface area contributed by atoms with Gasteiger partial charge in [0.25, 0.3) is 11.5 Å². The van der Waals surface area contributed by atoms with Gasteiger partial charge in [-0.05, 0) is 6.07 Å². The molecule has 0 aromatic heterocycles. The highest BCUT2D eigenvalue weighted by Gasteiger charge is 2.32. The van der Waals surface area contributed by atoms with Gasteiger partial charge in [0.05, 0.1) is 17.6 Å². The lowest BCUT2D eigenvalue weighted by Crippen LogP contribution is -2.21. The fourth-order valence-corrected chi connectivity index (χ4v) is 1.21. The van der Waals surface area contributed by atoms with E-state index in [-0.39, 0.29) is 0 Å². The van der Waals surface area contributed by atoms with E-state index in [4.69, 9.17) is 0 Å². The van der Waals surface area contributed by atoms with Crippen LogP contribution in [0.4, 0.5) is 10.1 Å². The van der Waals surface area contributed by atoms with Crippen LogP contribution >= 0.6 is 0 Å². The van der Waals surface area contributed by atoms with E-state index in [1.165, 1.54) is 12.1 Å². The summed E-state index contributed by atoms with van der Waals surface area (Å²) in [6, 6.07) is 4.78. The zero-order chi connectivity index (χ0) is 13.0. The highest BCUT2D eigenvalue weighted by Crippen LogP contribution is 2.28. The molecule has 0 aliphatic carbocycles. The van der Waals surface area contributed by atoms with E-state index in [9.17, 15) is 24.1 Å². The smallest absolute Gasteiger partial charge is 0.377 e. The van der Waals surface area contributed by atoms with Gasteiger partial charge in [-0.2, -0.15) is 0 Å². The number of carbonyl (C=O) groups is 2. The summed E-state index contributed by atoms with van der Waals surface area (Å²) in [6.45, 7) is 0. The summed E-state index contributed by atoms with van der Waals surface area (Å²) in [7, 11) is 0.923. The average molecular weight is 241 g/mol. The first kappa shape index (κ1) is 12.8. The van der Waals surface area contributed by atoms with Gasteiger partial charge >= 0.3 is 5.97 Å². The summed E-state index contributed by atoms with van der Waals surface area (Å²) < 4.78 is 17.7. The van der Waals surface area contributed by atoms with Gasteiger partial charge in [-0.15, -0.1) is 0 Å². The van der Waals surface area contributed by atoms with E-state index < -0.39 is 34.1 Å². The predicted molar refractivity (Wildman–Crippen MR) is 54.0 cm³/mol. The van der Waals surface area contributed by atoms with Gasteiger partial charge in [0, 0.05) is 6.07 Å². The van der Waals surface area contributed by atoms with Crippen LogP contribution in [-0.4, -0.2) is 23.8 Å². The Hall–Kier alpha value is -2.31. The predicted octanol–water partition coefficient (Wildman–Crippen LogP) is 1.35. The largest absolute Gasteiger partial charge is 0.463 e. The van der Waals surface area contributed by atoms with E-state index in [2.05, 4.69) is 4.74 Å². The number of hydrogen-bond donors (Lipinski definition) is 0. The maximum Gasteiger partial charge on any atom is 0.377 e. The number of nitro groups is 1. The van der Waals surface area contributed by atoms with Crippen molar-refractivity contribution in [1.82, 2.24) is 0 Å². The fraction of sp³-hybridized carbons (Fsp3) is 0.200. The highest BCUT2D eigenvalue weighted by atomic mass is 19.1. The van der Waals surface area contributed by atoms with Crippen molar-refractivity contribution in [3.05, 3.63) is 39.9 Å². The molecule has 7 heteroatoms. The van der Waals surface area contributed by atoms with Gasteiger partial charge in [-0.3, -0.25) is 14.9 Å². The number of alkyl halides is 1. The number of nitro benzene ring substituents is 1. The zero-order valence-corrected chi connectivity index (χ0v) is 8.75. The Balaban J connectivity index is 3.12. The zero-order valence-electron chi connectivity index (χ0n) is 8.75. The molecule has 90 valence electrons. The van der Waals surface area contributed by atoms with E-state index in [0.29, 0.717) is 0 Å². The third-order valence-electron chi connectivity index (χ3n) is 2.02. The molecule has 0 saturated heterocycles. The Kier molecular flexibility index (Phi) is 3.86. The Morgan fingerprint density at radius 2 is 2.00 bits per heavy atom. The molecule has 0 radical (unpaired) electrons. The monoisotopic (exact) mass is 241 g/mol. The maximum atomic E-state index is 13.6. The summed E-state index contributed by atoms with van der Waals surface area (Å²) >= 11 is 0. The summed E-state index contributed by atoms with van der Waals surface area (Å²) in [6.07, 6.45) is -2.40. The van der Waals surface area contributed by atoms with Gasteiger partial charge in [-0.1, -0.05) is 12.1 Å². The molecular weight excluding hydrogens is 233 g/mol. The van der Waals surface area contributed by atoms with Gasteiger partial charge in [0.1, 0.15) is 0 Å². The van der Waals surface area contributed by atoms with Crippen molar-refractivity contribution in [2.45, 2.75) is 6.17 Å². The molecule has 1 aromatic carbocycles. The lowest BCUT2D eigenvalue weighted by molar-refractivity contribution is -0.385. The minimum atomic E-state index is -2.40. The van der Waals surface area contributed by atoms with Crippen molar-refractivity contribution in [2.75, 3.05) is 7.11 Å². The second kappa shape index (κ2) is 5.15. The summed E-state index contributed by atoms with van der Waals surface area (Å²) in [5, 5.41) is 10.6. The van der Waals surface area contributed by atoms with Crippen LogP contribution < -0.4 is 0 Å². The molecule has 1 atom stereocenters. The lowest BCUT2D eigenvalue weighted by Gasteiger charge is -2.06. The van der Waals surface area contributed by atoms with Crippen LogP contribution in [0.3, 0.4) is 0 Å². The average Bonchev–Trinajstić information content (AvgIpc) is 2.35. The van der Waals surface area contributed by atoms with E-state index in [0.717, 1.165) is 19.2 Å². The van der Waals surface area contributed by atoms with Crippen molar-refractivity contribution in [3.63, 3.8) is 0 Å². The number of benzene rings is 1. The van der Waals surface area contributed by atoms with E-state index in [1.807, 2.05) is 0 Å². The Morgan fingerprint density at radius 1 is 1.41 bits per heavy atom. The van der Waals surface area contributed by atoms with E-state index >= 15 is 0 Å². The number of halogens is 1. The molecule has 17 heavy (non-hydrogen) atoms. The molecule has 0 aliphatic heterocycles. The molecular formula is C10H8FNO5. The number of esters is 1. The van der Waals surface area contributed by atoms with Crippen LogP contribution in [0.5, 0.6) is 0 Å². The van der Waals surface area contributed by atoms with Crippen molar-refractivity contribution in [3.8, 4) is 0 Å². The fourth-order valence-electron chi connectivity index (χ4n) is 1.21. The molecule has 0 aliphatic rings.